The Kier molecular flexibility index (Phi) is 7.41. The Morgan fingerprint density at radius 2 is 1.05 bits per heavy atom. The van der Waals surface area contributed by atoms with E-state index < -0.39 is 5.92 Å². The highest BCUT2D eigenvalue weighted by atomic mass is 35.5. The van der Waals surface area contributed by atoms with Crippen LogP contribution in [0.4, 0.5) is 0 Å². The molecular formula is C30H14Cl7NO. The predicted molar refractivity (Wildman–Crippen MR) is 166 cm³/mol. The van der Waals surface area contributed by atoms with E-state index in [1.165, 1.54) is 12.4 Å². The van der Waals surface area contributed by atoms with E-state index in [2.05, 4.69) is 4.98 Å². The molecule has 194 valence electrons. The number of aromatic nitrogens is 1. The average molecular weight is 653 g/mol. The Balaban J connectivity index is 1.55. The third-order valence-electron chi connectivity index (χ3n) is 6.59. The number of halogens is 7. The lowest BCUT2D eigenvalue weighted by atomic mass is 9.84. The number of benzene rings is 4. The van der Waals surface area contributed by atoms with Gasteiger partial charge in [0, 0.05) is 70.9 Å². The number of hydrogen-bond acceptors (Lipinski definition) is 2. The van der Waals surface area contributed by atoms with Gasteiger partial charge in [-0.25, -0.2) is 0 Å². The number of fused-ring (bicyclic) bond motifs is 3. The minimum absolute atomic E-state index is 0.307. The second-order valence-electron chi connectivity index (χ2n) is 8.90. The predicted octanol–water partition coefficient (Wildman–Crippen LogP) is 12.4. The molecule has 0 saturated heterocycles. The molecule has 1 atom stereocenters. The van der Waals surface area contributed by atoms with Gasteiger partial charge in [0.2, 0.25) is 0 Å². The van der Waals surface area contributed by atoms with E-state index in [0.717, 1.165) is 33.1 Å². The van der Waals surface area contributed by atoms with Crippen LogP contribution >= 0.6 is 81.2 Å². The quantitative estimate of drug-likeness (QED) is 0.189. The Morgan fingerprint density at radius 3 is 1.69 bits per heavy atom. The summed E-state index contributed by atoms with van der Waals surface area (Å²) in [4.78, 5) is 4.09. The van der Waals surface area contributed by atoms with Crippen molar-refractivity contribution in [2.24, 2.45) is 0 Å². The third kappa shape index (κ3) is 4.87. The van der Waals surface area contributed by atoms with E-state index >= 15 is 0 Å². The maximum absolute atomic E-state index is 6.98. The molecule has 0 aliphatic rings. The number of furan rings is 1. The molecule has 0 aliphatic heterocycles. The van der Waals surface area contributed by atoms with Crippen LogP contribution in [-0.4, -0.2) is 4.98 Å². The number of hydrogen-bond donors (Lipinski definition) is 0. The summed E-state index contributed by atoms with van der Waals surface area (Å²) in [5.41, 5.74) is 4.83. The Hall–Kier alpha value is -2.14. The molecule has 0 saturated carbocycles. The molecule has 39 heavy (non-hydrogen) atoms. The van der Waals surface area contributed by atoms with Crippen LogP contribution in [0.2, 0.25) is 35.2 Å². The molecule has 6 aromatic rings. The van der Waals surface area contributed by atoms with E-state index in [1.54, 1.807) is 12.1 Å². The molecule has 6 rings (SSSR count). The molecule has 4 aromatic carbocycles. The SMILES string of the molecule is Clc1cc(Cl)c(C(c2c(Cl)cncc2Cl)c2c(Cl)cc(-c3ccc4c(c3)oc3ccccc34)cc2Cl)c(Cl)c1. The number of nitrogens with zero attached hydrogens (tertiary/aromatic N) is 1. The highest BCUT2D eigenvalue weighted by Gasteiger charge is 2.31. The zero-order valence-electron chi connectivity index (χ0n) is 19.6. The number of pyridine rings is 1. The number of para-hydroxylation sites is 1. The second kappa shape index (κ2) is 10.7. The van der Waals surface area contributed by atoms with E-state index in [9.17, 15) is 0 Å². The molecule has 0 fully saturated rings. The topological polar surface area (TPSA) is 26.0 Å². The molecule has 1 unspecified atom stereocenters. The van der Waals surface area contributed by atoms with Crippen molar-refractivity contribution in [3.63, 3.8) is 0 Å². The molecule has 0 N–H and O–H groups in total. The maximum Gasteiger partial charge on any atom is 0.136 e. The fourth-order valence-electron chi connectivity index (χ4n) is 4.89. The van der Waals surface area contributed by atoms with Gasteiger partial charge in [-0.2, -0.15) is 0 Å². The summed E-state index contributed by atoms with van der Waals surface area (Å²) in [5, 5.41) is 4.45. The molecule has 9 heteroatoms. The summed E-state index contributed by atoms with van der Waals surface area (Å²) in [5.74, 6) is -0.711. The lowest BCUT2D eigenvalue weighted by molar-refractivity contribution is 0.669. The van der Waals surface area contributed by atoms with Crippen LogP contribution in [0.3, 0.4) is 0 Å². The average Bonchev–Trinajstić information content (AvgIpc) is 3.25. The summed E-state index contributed by atoms with van der Waals surface area (Å²) in [6, 6.07) is 20.8. The molecule has 0 spiro atoms. The van der Waals surface area contributed by atoms with Crippen LogP contribution in [-0.2, 0) is 0 Å². The van der Waals surface area contributed by atoms with Gasteiger partial charge in [0.1, 0.15) is 11.2 Å². The standard InChI is InChI=1S/C30H14Cl7NO/c31-16-10-21(34)28(22(35)11-16)30(29-23(36)12-38-13-24(29)37)27-19(32)7-15(8-20(27)33)14-5-6-18-17-3-1-2-4-25(17)39-26(18)9-14/h1-13,30H. The molecule has 2 nitrogen and oxygen atoms in total. The van der Waals surface area contributed by atoms with Crippen LogP contribution in [0.15, 0.2) is 83.5 Å². The van der Waals surface area contributed by atoms with Gasteiger partial charge in [0.25, 0.3) is 0 Å². The normalized spacial score (nSPS) is 12.4. The van der Waals surface area contributed by atoms with Crippen molar-refractivity contribution in [2.75, 3.05) is 0 Å². The minimum Gasteiger partial charge on any atom is -0.456 e. The summed E-state index contributed by atoms with van der Waals surface area (Å²) in [7, 11) is 0. The summed E-state index contributed by atoms with van der Waals surface area (Å²) >= 11 is 46.8. The van der Waals surface area contributed by atoms with E-state index in [1.807, 2.05) is 54.6 Å². The fraction of sp³-hybridized carbons (Fsp3) is 0.0333. The molecule has 2 aromatic heterocycles. The fourth-order valence-corrected chi connectivity index (χ4v) is 7.21. The van der Waals surface area contributed by atoms with E-state index in [0.29, 0.717) is 51.8 Å². The lowest BCUT2D eigenvalue weighted by Crippen LogP contribution is -2.09. The van der Waals surface area contributed by atoms with Crippen molar-refractivity contribution < 1.29 is 4.42 Å². The largest absolute Gasteiger partial charge is 0.456 e. The van der Waals surface area contributed by atoms with Gasteiger partial charge in [-0.1, -0.05) is 105 Å². The van der Waals surface area contributed by atoms with Gasteiger partial charge in [-0.15, -0.1) is 0 Å². The zero-order valence-corrected chi connectivity index (χ0v) is 24.9. The Morgan fingerprint density at radius 1 is 0.513 bits per heavy atom. The molecule has 0 amide bonds. The van der Waals surface area contributed by atoms with Crippen LogP contribution in [0, 0.1) is 0 Å². The molecule has 0 bridgehead atoms. The summed E-state index contributed by atoms with van der Waals surface area (Å²) in [6.07, 6.45) is 2.98. The van der Waals surface area contributed by atoms with Crippen LogP contribution in [0.25, 0.3) is 33.1 Å². The van der Waals surface area contributed by atoms with Gasteiger partial charge in [0.15, 0.2) is 0 Å². The first-order chi connectivity index (χ1) is 18.7. The van der Waals surface area contributed by atoms with Crippen molar-refractivity contribution >= 4 is 103 Å². The highest BCUT2D eigenvalue weighted by Crippen LogP contribution is 2.50. The summed E-state index contributed by atoms with van der Waals surface area (Å²) in [6.45, 7) is 0. The first-order valence-corrected chi connectivity index (χ1v) is 14.2. The van der Waals surface area contributed by atoms with Crippen molar-refractivity contribution in [3.05, 3.63) is 131 Å². The van der Waals surface area contributed by atoms with Crippen LogP contribution in [0.1, 0.15) is 22.6 Å². The monoisotopic (exact) mass is 649 g/mol. The molecule has 0 radical (unpaired) electrons. The summed E-state index contributed by atoms with van der Waals surface area (Å²) < 4.78 is 6.07. The van der Waals surface area contributed by atoms with Crippen LogP contribution < -0.4 is 0 Å². The first-order valence-electron chi connectivity index (χ1n) is 11.6. The van der Waals surface area contributed by atoms with Crippen LogP contribution in [0.5, 0.6) is 0 Å². The molecule has 0 aliphatic carbocycles. The van der Waals surface area contributed by atoms with Crippen molar-refractivity contribution in [1.29, 1.82) is 0 Å². The first kappa shape index (κ1) is 27.1. The van der Waals surface area contributed by atoms with Crippen molar-refractivity contribution in [1.82, 2.24) is 4.98 Å². The highest BCUT2D eigenvalue weighted by molar-refractivity contribution is 6.41. The second-order valence-corrected chi connectivity index (χ2v) is 11.8. The van der Waals surface area contributed by atoms with Gasteiger partial charge >= 0.3 is 0 Å². The van der Waals surface area contributed by atoms with Crippen molar-refractivity contribution in [2.45, 2.75) is 5.92 Å². The van der Waals surface area contributed by atoms with Gasteiger partial charge in [-0.3, -0.25) is 4.98 Å². The maximum atomic E-state index is 6.98. The molecular weight excluding hydrogens is 639 g/mol. The lowest BCUT2D eigenvalue weighted by Gasteiger charge is -2.25. The van der Waals surface area contributed by atoms with E-state index in [4.69, 9.17) is 85.6 Å². The van der Waals surface area contributed by atoms with Gasteiger partial charge in [-0.05, 0) is 53.6 Å². The zero-order chi connectivity index (χ0) is 27.4. The number of rotatable bonds is 4. The Bertz CT molecular complexity index is 1850. The van der Waals surface area contributed by atoms with Gasteiger partial charge < -0.3 is 4.42 Å². The smallest absolute Gasteiger partial charge is 0.136 e. The van der Waals surface area contributed by atoms with E-state index in [-0.39, 0.29) is 0 Å². The Labute approximate surface area is 258 Å². The third-order valence-corrected chi connectivity index (χ3v) is 8.66. The van der Waals surface area contributed by atoms with Gasteiger partial charge in [0.05, 0.1) is 10.0 Å². The molecule has 2 heterocycles. The van der Waals surface area contributed by atoms with Crippen molar-refractivity contribution in [3.8, 4) is 11.1 Å². The minimum atomic E-state index is -0.711.